The summed E-state index contributed by atoms with van der Waals surface area (Å²) in [5.41, 5.74) is 1.76. The Hall–Kier alpha value is -3.29. The summed E-state index contributed by atoms with van der Waals surface area (Å²) in [4.78, 5) is 19.8. The molecule has 3 aromatic rings. The zero-order chi connectivity index (χ0) is 18.0. The number of aromatic nitrogens is 4. The third-order valence-electron chi connectivity index (χ3n) is 3.42. The molecule has 128 valence electrons. The van der Waals surface area contributed by atoms with E-state index < -0.39 is 11.8 Å². The molecule has 7 nitrogen and oxygen atoms in total. The fourth-order valence-corrected chi connectivity index (χ4v) is 2.27. The van der Waals surface area contributed by atoms with E-state index in [0.717, 1.165) is 0 Å². The predicted octanol–water partition coefficient (Wildman–Crippen LogP) is 2.90. The van der Waals surface area contributed by atoms with Gasteiger partial charge in [-0.1, -0.05) is 6.07 Å². The topological polar surface area (TPSA) is 79.1 Å². The van der Waals surface area contributed by atoms with E-state index in [2.05, 4.69) is 15.1 Å². The Balaban J connectivity index is 1.94. The summed E-state index contributed by atoms with van der Waals surface area (Å²) in [6.07, 6.45) is 3.15. The first-order chi connectivity index (χ1) is 12.0. The summed E-state index contributed by atoms with van der Waals surface area (Å²) >= 11 is 0. The second kappa shape index (κ2) is 6.68. The smallest absolute Gasteiger partial charge is 0.359 e. The Bertz CT molecular complexity index is 939. The van der Waals surface area contributed by atoms with Gasteiger partial charge in [-0.2, -0.15) is 5.10 Å². The average Bonchev–Trinajstić information content (AvgIpc) is 2.98. The third kappa shape index (κ3) is 3.47. The molecule has 0 radical (unpaired) electrons. The van der Waals surface area contributed by atoms with Crippen LogP contribution in [0.1, 0.15) is 16.2 Å². The fourth-order valence-electron chi connectivity index (χ4n) is 2.27. The van der Waals surface area contributed by atoms with E-state index in [9.17, 15) is 9.18 Å². The molecule has 0 N–H and O–H groups in total. The lowest BCUT2D eigenvalue weighted by molar-refractivity contribution is 0.0594. The van der Waals surface area contributed by atoms with Crippen molar-refractivity contribution in [2.45, 2.75) is 6.92 Å². The van der Waals surface area contributed by atoms with Crippen molar-refractivity contribution in [3.63, 3.8) is 0 Å². The lowest BCUT2D eigenvalue weighted by atomic mass is 10.1. The number of nitrogens with zero attached hydrogens (tertiary/aromatic N) is 4. The molecular weight excluding hydrogens is 327 g/mol. The predicted molar refractivity (Wildman–Crippen MR) is 86.8 cm³/mol. The van der Waals surface area contributed by atoms with E-state index in [4.69, 9.17) is 9.47 Å². The Morgan fingerprint density at radius 3 is 2.76 bits per heavy atom. The van der Waals surface area contributed by atoms with Gasteiger partial charge in [-0.05, 0) is 30.7 Å². The average molecular weight is 342 g/mol. The lowest BCUT2D eigenvalue weighted by Gasteiger charge is -2.07. The van der Waals surface area contributed by atoms with Gasteiger partial charge in [0.2, 0.25) is 0 Å². The Kier molecular flexibility index (Phi) is 4.42. The van der Waals surface area contributed by atoms with Gasteiger partial charge < -0.3 is 9.47 Å². The number of rotatable bonds is 4. The highest BCUT2D eigenvalue weighted by Gasteiger charge is 2.19. The largest absolute Gasteiger partial charge is 0.464 e. The van der Waals surface area contributed by atoms with Gasteiger partial charge in [0.05, 0.1) is 7.11 Å². The maximum Gasteiger partial charge on any atom is 0.359 e. The molecule has 0 aliphatic heterocycles. The van der Waals surface area contributed by atoms with Crippen LogP contribution in [0.5, 0.6) is 11.8 Å². The summed E-state index contributed by atoms with van der Waals surface area (Å²) in [5.74, 6) is -1.22. The van der Waals surface area contributed by atoms with E-state index in [1.54, 1.807) is 32.3 Å². The Labute approximate surface area is 143 Å². The van der Waals surface area contributed by atoms with Crippen LogP contribution in [0.15, 0.2) is 36.7 Å². The van der Waals surface area contributed by atoms with Crippen LogP contribution < -0.4 is 4.74 Å². The van der Waals surface area contributed by atoms with Crippen molar-refractivity contribution in [3.8, 4) is 22.9 Å². The molecule has 2 heterocycles. The number of methoxy groups -OCH3 is 1. The van der Waals surface area contributed by atoms with Crippen LogP contribution in [0.25, 0.3) is 11.1 Å². The van der Waals surface area contributed by atoms with Gasteiger partial charge in [0.15, 0.2) is 17.3 Å². The summed E-state index contributed by atoms with van der Waals surface area (Å²) in [6.45, 7) is 1.78. The zero-order valence-corrected chi connectivity index (χ0v) is 13.9. The molecule has 0 unspecified atom stereocenters. The van der Waals surface area contributed by atoms with E-state index >= 15 is 0 Å². The minimum atomic E-state index is -0.609. The van der Waals surface area contributed by atoms with Crippen LogP contribution in [-0.4, -0.2) is 32.8 Å². The van der Waals surface area contributed by atoms with Gasteiger partial charge in [0, 0.05) is 30.7 Å². The minimum absolute atomic E-state index is 0.0159. The number of carbonyl (C=O) groups excluding carboxylic acids is 1. The molecule has 2 aromatic heterocycles. The standard InChI is InChI=1S/C17H15FN4O3/c1-10-6-7-19-17(20-10)25-14-5-4-11(8-13(14)18)12-9-22(2)21-15(12)16(23)24-3/h4-9H,1-3H3. The first-order valence-corrected chi connectivity index (χ1v) is 7.37. The van der Waals surface area contributed by atoms with Gasteiger partial charge in [-0.25, -0.2) is 19.2 Å². The highest BCUT2D eigenvalue weighted by Crippen LogP contribution is 2.29. The van der Waals surface area contributed by atoms with Gasteiger partial charge >= 0.3 is 12.0 Å². The minimum Gasteiger partial charge on any atom is -0.464 e. The normalized spacial score (nSPS) is 10.6. The quantitative estimate of drug-likeness (QED) is 0.678. The number of hydrogen-bond donors (Lipinski definition) is 0. The van der Waals surface area contributed by atoms with Crippen LogP contribution in [0.4, 0.5) is 4.39 Å². The monoisotopic (exact) mass is 342 g/mol. The van der Waals surface area contributed by atoms with Crippen LogP contribution in [0.2, 0.25) is 0 Å². The molecule has 0 aliphatic rings. The zero-order valence-electron chi connectivity index (χ0n) is 13.9. The molecule has 1 aromatic carbocycles. The first-order valence-electron chi connectivity index (χ1n) is 7.37. The molecule has 3 rings (SSSR count). The number of hydrogen-bond acceptors (Lipinski definition) is 6. The highest BCUT2D eigenvalue weighted by molar-refractivity contribution is 5.95. The second-order valence-electron chi connectivity index (χ2n) is 5.28. The van der Waals surface area contributed by atoms with Crippen LogP contribution >= 0.6 is 0 Å². The van der Waals surface area contributed by atoms with Crippen molar-refractivity contribution in [2.24, 2.45) is 7.05 Å². The molecule has 0 bridgehead atoms. The molecule has 0 amide bonds. The number of esters is 1. The number of aryl methyl sites for hydroxylation is 2. The SMILES string of the molecule is COC(=O)c1nn(C)cc1-c1ccc(Oc2nccc(C)n2)c(F)c1. The molecule has 0 saturated heterocycles. The highest BCUT2D eigenvalue weighted by atomic mass is 19.1. The molecule has 0 spiro atoms. The Morgan fingerprint density at radius 1 is 1.28 bits per heavy atom. The number of halogens is 1. The van der Waals surface area contributed by atoms with Crippen molar-refractivity contribution in [3.05, 3.63) is 53.9 Å². The summed E-state index contributed by atoms with van der Waals surface area (Å²) in [7, 11) is 2.93. The molecule has 25 heavy (non-hydrogen) atoms. The van der Waals surface area contributed by atoms with Gasteiger partial charge in [0.1, 0.15) is 0 Å². The lowest BCUT2D eigenvalue weighted by Crippen LogP contribution is -2.04. The van der Waals surface area contributed by atoms with Crippen molar-refractivity contribution < 1.29 is 18.7 Å². The van der Waals surface area contributed by atoms with Crippen LogP contribution in [-0.2, 0) is 11.8 Å². The van der Waals surface area contributed by atoms with Crippen LogP contribution in [0.3, 0.4) is 0 Å². The molecule has 0 aliphatic carbocycles. The second-order valence-corrected chi connectivity index (χ2v) is 5.28. The molecular formula is C17H15FN4O3. The fraction of sp³-hybridized carbons (Fsp3) is 0.176. The van der Waals surface area contributed by atoms with E-state index in [1.807, 2.05) is 0 Å². The van der Waals surface area contributed by atoms with Crippen molar-refractivity contribution >= 4 is 5.97 Å². The molecule has 0 saturated carbocycles. The summed E-state index contributed by atoms with van der Waals surface area (Å²) in [5, 5.41) is 4.06. The maximum absolute atomic E-state index is 14.4. The van der Waals surface area contributed by atoms with Crippen molar-refractivity contribution in [2.75, 3.05) is 7.11 Å². The van der Waals surface area contributed by atoms with Crippen LogP contribution in [0, 0.1) is 12.7 Å². The van der Waals surface area contributed by atoms with E-state index in [1.165, 1.54) is 30.1 Å². The van der Waals surface area contributed by atoms with Gasteiger partial charge in [-0.15, -0.1) is 0 Å². The molecule has 0 atom stereocenters. The van der Waals surface area contributed by atoms with E-state index in [0.29, 0.717) is 16.8 Å². The number of ether oxygens (including phenoxy) is 2. The van der Waals surface area contributed by atoms with E-state index in [-0.39, 0.29) is 17.5 Å². The summed E-state index contributed by atoms with van der Waals surface area (Å²) < 4.78 is 26.0. The molecule has 8 heteroatoms. The number of carbonyl (C=O) groups is 1. The van der Waals surface area contributed by atoms with Gasteiger partial charge in [0.25, 0.3) is 0 Å². The third-order valence-corrected chi connectivity index (χ3v) is 3.42. The first kappa shape index (κ1) is 16.6. The number of benzene rings is 1. The maximum atomic E-state index is 14.4. The van der Waals surface area contributed by atoms with Crippen molar-refractivity contribution in [1.82, 2.24) is 19.7 Å². The molecule has 0 fully saturated rings. The van der Waals surface area contributed by atoms with Gasteiger partial charge in [-0.3, -0.25) is 4.68 Å². The summed E-state index contributed by atoms with van der Waals surface area (Å²) in [6, 6.07) is 6.10. The Morgan fingerprint density at radius 2 is 2.08 bits per heavy atom. The van der Waals surface area contributed by atoms with Crippen molar-refractivity contribution in [1.29, 1.82) is 0 Å².